The lowest BCUT2D eigenvalue weighted by molar-refractivity contribution is 0.416. The summed E-state index contributed by atoms with van der Waals surface area (Å²) < 4.78 is 30.5. The largest absolute Gasteiger partial charge is 0.504 e. The van der Waals surface area contributed by atoms with E-state index >= 15 is 0 Å². The van der Waals surface area contributed by atoms with E-state index in [0.717, 1.165) is 12.8 Å². The highest BCUT2D eigenvalue weighted by Gasteiger charge is 2.27. The lowest BCUT2D eigenvalue weighted by atomic mass is 10.0. The topological polar surface area (TPSA) is 63.6 Å². The molecule has 0 aliphatic heterocycles. The molecule has 0 saturated heterocycles. The zero-order valence-electron chi connectivity index (χ0n) is 17.4. The molecular weight excluding hydrogens is 360 g/mol. The first kappa shape index (κ1) is 23.8. The first-order chi connectivity index (χ1) is 12.9. The lowest BCUT2D eigenvalue weighted by Gasteiger charge is -2.17. The summed E-state index contributed by atoms with van der Waals surface area (Å²) in [6.45, 7) is 5.84. The fraction of sp³-hybridized carbons (Fsp3) is 0.727. The fourth-order valence-electron chi connectivity index (χ4n) is 3.34. The van der Waals surface area contributed by atoms with E-state index in [1.807, 2.05) is 6.92 Å². The van der Waals surface area contributed by atoms with Gasteiger partial charge in [0.25, 0.3) is 0 Å². The highest BCUT2D eigenvalue weighted by Crippen LogP contribution is 2.32. The zero-order valence-corrected chi connectivity index (χ0v) is 18.2. The summed E-state index contributed by atoms with van der Waals surface area (Å²) in [5.41, 5.74) is 0.618. The van der Waals surface area contributed by atoms with E-state index in [1.165, 1.54) is 57.4 Å². The average molecular weight is 399 g/mol. The number of aryl methyl sites for hydroxylation is 1. The molecule has 1 atom stereocenters. The number of aromatic hydroxyl groups is 1. The molecular formula is C22H38O4S. The molecule has 0 fully saturated rings. The van der Waals surface area contributed by atoms with Crippen LogP contribution in [0.1, 0.15) is 96.5 Å². The third kappa shape index (κ3) is 9.00. The van der Waals surface area contributed by atoms with Crippen molar-refractivity contribution < 1.29 is 17.7 Å². The molecule has 156 valence electrons. The third-order valence-electron chi connectivity index (χ3n) is 5.13. The Kier molecular flexibility index (Phi) is 11.5. The van der Waals surface area contributed by atoms with Gasteiger partial charge in [0, 0.05) is 0 Å². The number of hydrogen-bond acceptors (Lipinski definition) is 4. The molecule has 0 aliphatic carbocycles. The number of phenolic OH excluding ortho intramolecular Hbond substituents is 1. The van der Waals surface area contributed by atoms with Crippen LogP contribution in [0.5, 0.6) is 11.5 Å². The highest BCUT2D eigenvalue weighted by molar-refractivity contribution is 7.87. The first-order valence-corrected chi connectivity index (χ1v) is 12.1. The van der Waals surface area contributed by atoms with Crippen LogP contribution in [-0.2, 0) is 10.1 Å². The Morgan fingerprint density at radius 2 is 1.48 bits per heavy atom. The number of hydrogen-bond donors (Lipinski definition) is 1. The molecule has 0 radical (unpaired) electrons. The van der Waals surface area contributed by atoms with Crippen LogP contribution in [0.15, 0.2) is 18.2 Å². The number of benzene rings is 1. The fourth-order valence-corrected chi connectivity index (χ4v) is 4.79. The quantitative estimate of drug-likeness (QED) is 0.270. The van der Waals surface area contributed by atoms with Crippen molar-refractivity contribution in [3.63, 3.8) is 0 Å². The van der Waals surface area contributed by atoms with Crippen LogP contribution in [0.2, 0.25) is 0 Å². The first-order valence-electron chi connectivity index (χ1n) is 10.6. The third-order valence-corrected chi connectivity index (χ3v) is 6.92. The molecule has 1 aromatic carbocycles. The monoisotopic (exact) mass is 398 g/mol. The van der Waals surface area contributed by atoms with Crippen LogP contribution in [0, 0.1) is 6.92 Å². The maximum absolute atomic E-state index is 12.6. The van der Waals surface area contributed by atoms with Crippen molar-refractivity contribution in [1.29, 1.82) is 0 Å². The van der Waals surface area contributed by atoms with Crippen LogP contribution >= 0.6 is 0 Å². The molecule has 0 heterocycles. The standard InChI is InChI=1S/C22H38O4S/c1-4-6-7-8-9-10-11-12-13-14-17-20(5-2)27(24,25)26-22-19(3)16-15-18-21(22)23/h15-16,18,20,23H,4-14,17H2,1-3H3. The SMILES string of the molecule is CCCCCCCCCCCCC(CC)S(=O)(=O)Oc1c(C)cccc1O. The van der Waals surface area contributed by atoms with Crippen molar-refractivity contribution >= 4 is 10.1 Å². The van der Waals surface area contributed by atoms with Gasteiger partial charge in [-0.15, -0.1) is 0 Å². The van der Waals surface area contributed by atoms with Gasteiger partial charge in [-0.3, -0.25) is 0 Å². The van der Waals surface area contributed by atoms with E-state index in [9.17, 15) is 13.5 Å². The number of para-hydroxylation sites is 1. The minimum absolute atomic E-state index is 0.0547. The normalized spacial score (nSPS) is 12.9. The molecule has 1 aromatic rings. The summed E-state index contributed by atoms with van der Waals surface area (Å²) in [7, 11) is -3.74. The van der Waals surface area contributed by atoms with Gasteiger partial charge in [0.2, 0.25) is 0 Å². The van der Waals surface area contributed by atoms with Gasteiger partial charge in [0.05, 0.1) is 5.25 Å². The molecule has 0 saturated carbocycles. The minimum atomic E-state index is -3.74. The average Bonchev–Trinajstić information content (AvgIpc) is 2.63. The van der Waals surface area contributed by atoms with E-state index in [4.69, 9.17) is 4.18 Å². The molecule has 27 heavy (non-hydrogen) atoms. The summed E-state index contributed by atoms with van der Waals surface area (Å²) >= 11 is 0. The Morgan fingerprint density at radius 1 is 0.926 bits per heavy atom. The Morgan fingerprint density at radius 3 is 2.00 bits per heavy atom. The Balaban J connectivity index is 2.34. The highest BCUT2D eigenvalue weighted by atomic mass is 32.2. The van der Waals surface area contributed by atoms with Crippen molar-refractivity contribution in [2.24, 2.45) is 0 Å². The van der Waals surface area contributed by atoms with Crippen molar-refractivity contribution in [2.45, 2.75) is 103 Å². The van der Waals surface area contributed by atoms with Gasteiger partial charge in [-0.05, 0) is 31.4 Å². The Hall–Kier alpha value is -1.23. The number of phenols is 1. The maximum atomic E-state index is 12.6. The molecule has 0 aromatic heterocycles. The Labute approximate surface area is 166 Å². The summed E-state index contributed by atoms with van der Waals surface area (Å²) in [4.78, 5) is 0. The molecule has 1 unspecified atom stereocenters. The van der Waals surface area contributed by atoms with Crippen LogP contribution < -0.4 is 4.18 Å². The van der Waals surface area contributed by atoms with E-state index in [2.05, 4.69) is 6.92 Å². The summed E-state index contributed by atoms with van der Waals surface area (Å²) in [6.07, 6.45) is 13.4. The van der Waals surface area contributed by atoms with Crippen molar-refractivity contribution in [3.05, 3.63) is 23.8 Å². The number of rotatable bonds is 15. The van der Waals surface area contributed by atoms with Crippen molar-refractivity contribution in [2.75, 3.05) is 0 Å². The molecule has 1 N–H and O–H groups in total. The second-order valence-electron chi connectivity index (χ2n) is 7.50. The molecule has 5 heteroatoms. The van der Waals surface area contributed by atoms with Crippen molar-refractivity contribution in [3.8, 4) is 11.5 Å². The molecule has 0 bridgehead atoms. The minimum Gasteiger partial charge on any atom is -0.504 e. The summed E-state index contributed by atoms with van der Waals surface area (Å²) in [5.74, 6) is -0.0774. The zero-order chi connectivity index (χ0) is 20.1. The molecule has 0 aliphatic rings. The van der Waals surface area contributed by atoms with E-state index < -0.39 is 15.4 Å². The summed E-state index contributed by atoms with van der Waals surface area (Å²) in [5, 5.41) is 9.36. The van der Waals surface area contributed by atoms with E-state index in [-0.39, 0.29) is 11.5 Å². The lowest BCUT2D eigenvalue weighted by Crippen LogP contribution is -2.25. The predicted molar refractivity (Wildman–Crippen MR) is 113 cm³/mol. The Bertz CT molecular complexity index is 605. The van der Waals surface area contributed by atoms with Gasteiger partial charge >= 0.3 is 10.1 Å². The van der Waals surface area contributed by atoms with Crippen LogP contribution in [-0.4, -0.2) is 18.8 Å². The van der Waals surface area contributed by atoms with Gasteiger partial charge in [-0.2, -0.15) is 8.42 Å². The molecule has 0 spiro atoms. The smallest absolute Gasteiger partial charge is 0.312 e. The number of unbranched alkanes of at least 4 members (excludes halogenated alkanes) is 9. The molecule has 1 rings (SSSR count). The summed E-state index contributed by atoms with van der Waals surface area (Å²) in [6, 6.07) is 4.85. The second kappa shape index (κ2) is 13.0. The van der Waals surface area contributed by atoms with Crippen LogP contribution in [0.4, 0.5) is 0 Å². The molecule has 4 nitrogen and oxygen atoms in total. The van der Waals surface area contributed by atoms with E-state index in [1.54, 1.807) is 19.1 Å². The van der Waals surface area contributed by atoms with Crippen LogP contribution in [0.25, 0.3) is 0 Å². The van der Waals surface area contributed by atoms with E-state index in [0.29, 0.717) is 18.4 Å². The maximum Gasteiger partial charge on any atom is 0.312 e. The van der Waals surface area contributed by atoms with Crippen LogP contribution in [0.3, 0.4) is 0 Å². The van der Waals surface area contributed by atoms with Gasteiger partial charge < -0.3 is 9.29 Å². The van der Waals surface area contributed by atoms with Gasteiger partial charge in [0.15, 0.2) is 11.5 Å². The predicted octanol–water partition coefficient (Wildman–Crippen LogP) is 6.50. The van der Waals surface area contributed by atoms with Gasteiger partial charge in [-0.1, -0.05) is 90.2 Å². The van der Waals surface area contributed by atoms with Gasteiger partial charge in [-0.25, -0.2) is 0 Å². The molecule has 0 amide bonds. The second-order valence-corrected chi connectivity index (χ2v) is 9.32. The van der Waals surface area contributed by atoms with Gasteiger partial charge in [0.1, 0.15) is 0 Å². The van der Waals surface area contributed by atoms with Crippen molar-refractivity contribution in [1.82, 2.24) is 0 Å².